The quantitative estimate of drug-likeness (QED) is 0.926. The Morgan fingerprint density at radius 2 is 2.05 bits per heavy atom. The minimum Gasteiger partial charge on any atom is -0.496 e. The van der Waals surface area contributed by atoms with Crippen LogP contribution in [0, 0.1) is 0 Å². The number of aliphatic hydroxyl groups is 1. The highest BCUT2D eigenvalue weighted by molar-refractivity contribution is 5.91. The molecular formula is C17H20O3. The predicted octanol–water partition coefficient (Wildman–Crippen LogP) is 3.45. The summed E-state index contributed by atoms with van der Waals surface area (Å²) in [5.41, 5.74) is 0.955. The third-order valence-corrected chi connectivity index (χ3v) is 4.01. The number of methoxy groups -OCH3 is 1. The lowest BCUT2D eigenvalue weighted by Gasteiger charge is -2.18. The topological polar surface area (TPSA) is 38.7 Å². The number of benzene rings is 2. The molecule has 2 atom stereocenters. The van der Waals surface area contributed by atoms with E-state index in [1.54, 1.807) is 7.11 Å². The summed E-state index contributed by atoms with van der Waals surface area (Å²) in [6.07, 6.45) is 2.50. The summed E-state index contributed by atoms with van der Waals surface area (Å²) in [7, 11) is 1.67. The van der Waals surface area contributed by atoms with Crippen molar-refractivity contribution in [3.05, 3.63) is 42.0 Å². The Balaban J connectivity index is 1.94. The Hall–Kier alpha value is -1.58. The SMILES string of the molecule is COc1ccc(C(O)CC2CCCO2)c2ccccc12. The molecule has 0 aromatic heterocycles. The van der Waals surface area contributed by atoms with Gasteiger partial charge in [-0.25, -0.2) is 0 Å². The van der Waals surface area contributed by atoms with Gasteiger partial charge in [-0.15, -0.1) is 0 Å². The molecule has 3 nitrogen and oxygen atoms in total. The van der Waals surface area contributed by atoms with Gasteiger partial charge in [0.25, 0.3) is 0 Å². The predicted molar refractivity (Wildman–Crippen MR) is 79.1 cm³/mol. The van der Waals surface area contributed by atoms with Crippen molar-refractivity contribution < 1.29 is 14.6 Å². The highest BCUT2D eigenvalue weighted by Gasteiger charge is 2.22. The first-order valence-electron chi connectivity index (χ1n) is 7.15. The Morgan fingerprint density at radius 1 is 1.25 bits per heavy atom. The minimum absolute atomic E-state index is 0.186. The van der Waals surface area contributed by atoms with Gasteiger partial charge in [0.1, 0.15) is 5.75 Å². The van der Waals surface area contributed by atoms with E-state index in [2.05, 4.69) is 0 Å². The van der Waals surface area contributed by atoms with Crippen LogP contribution in [0.25, 0.3) is 10.8 Å². The normalized spacial score (nSPS) is 20.2. The maximum atomic E-state index is 10.5. The van der Waals surface area contributed by atoms with Gasteiger partial charge in [0.05, 0.1) is 19.3 Å². The Morgan fingerprint density at radius 3 is 2.75 bits per heavy atom. The second-order valence-corrected chi connectivity index (χ2v) is 5.29. The van der Waals surface area contributed by atoms with Crippen molar-refractivity contribution in [3.63, 3.8) is 0 Å². The van der Waals surface area contributed by atoms with Crippen LogP contribution in [0.5, 0.6) is 5.75 Å². The highest BCUT2D eigenvalue weighted by atomic mass is 16.5. The summed E-state index contributed by atoms with van der Waals surface area (Å²) in [5, 5.41) is 12.6. The Labute approximate surface area is 119 Å². The van der Waals surface area contributed by atoms with Gasteiger partial charge in [0, 0.05) is 18.4 Å². The lowest BCUT2D eigenvalue weighted by Crippen LogP contribution is -2.11. The minimum atomic E-state index is -0.492. The number of hydrogen-bond donors (Lipinski definition) is 1. The fourth-order valence-corrected chi connectivity index (χ4v) is 2.97. The van der Waals surface area contributed by atoms with Gasteiger partial charge < -0.3 is 14.6 Å². The third kappa shape index (κ3) is 2.51. The molecule has 3 heteroatoms. The van der Waals surface area contributed by atoms with Gasteiger partial charge in [0.15, 0.2) is 0 Å². The first-order chi connectivity index (χ1) is 9.79. The van der Waals surface area contributed by atoms with Crippen LogP contribution in [-0.4, -0.2) is 24.9 Å². The molecule has 0 saturated carbocycles. The molecule has 1 fully saturated rings. The van der Waals surface area contributed by atoms with Gasteiger partial charge in [-0.05, 0) is 29.9 Å². The van der Waals surface area contributed by atoms with Crippen LogP contribution < -0.4 is 4.74 Å². The zero-order valence-electron chi connectivity index (χ0n) is 11.7. The molecule has 1 heterocycles. The summed E-state index contributed by atoms with van der Waals surface area (Å²) in [4.78, 5) is 0. The van der Waals surface area contributed by atoms with Crippen molar-refractivity contribution >= 4 is 10.8 Å². The molecule has 106 valence electrons. The highest BCUT2D eigenvalue weighted by Crippen LogP contribution is 2.34. The summed E-state index contributed by atoms with van der Waals surface area (Å²) in [5.74, 6) is 0.841. The number of fused-ring (bicyclic) bond motifs is 1. The molecule has 1 saturated heterocycles. The van der Waals surface area contributed by atoms with E-state index in [0.29, 0.717) is 6.42 Å². The Kier molecular flexibility index (Phi) is 3.90. The number of rotatable bonds is 4. The fourth-order valence-electron chi connectivity index (χ4n) is 2.97. The Bertz CT molecular complexity index is 588. The molecule has 1 N–H and O–H groups in total. The molecule has 0 aliphatic carbocycles. The molecule has 2 aromatic carbocycles. The van der Waals surface area contributed by atoms with Gasteiger partial charge in [-0.3, -0.25) is 0 Å². The van der Waals surface area contributed by atoms with Crippen molar-refractivity contribution in [2.75, 3.05) is 13.7 Å². The van der Waals surface area contributed by atoms with Crippen molar-refractivity contribution in [1.29, 1.82) is 0 Å². The van der Waals surface area contributed by atoms with E-state index in [-0.39, 0.29) is 6.10 Å². The second kappa shape index (κ2) is 5.81. The summed E-state index contributed by atoms with van der Waals surface area (Å²) < 4.78 is 11.0. The second-order valence-electron chi connectivity index (χ2n) is 5.29. The van der Waals surface area contributed by atoms with E-state index in [1.165, 1.54) is 0 Å². The van der Waals surface area contributed by atoms with Crippen molar-refractivity contribution in [1.82, 2.24) is 0 Å². The van der Waals surface area contributed by atoms with E-state index in [0.717, 1.165) is 41.5 Å². The van der Waals surface area contributed by atoms with E-state index < -0.39 is 6.10 Å². The zero-order chi connectivity index (χ0) is 13.9. The fraction of sp³-hybridized carbons (Fsp3) is 0.412. The summed E-state index contributed by atoms with van der Waals surface area (Å²) in [6, 6.07) is 11.9. The maximum absolute atomic E-state index is 10.5. The molecule has 0 radical (unpaired) electrons. The van der Waals surface area contributed by atoms with E-state index in [1.807, 2.05) is 36.4 Å². The first-order valence-corrected chi connectivity index (χ1v) is 7.15. The largest absolute Gasteiger partial charge is 0.496 e. The van der Waals surface area contributed by atoms with Crippen molar-refractivity contribution in [2.45, 2.75) is 31.5 Å². The lowest BCUT2D eigenvalue weighted by molar-refractivity contribution is 0.0540. The molecule has 0 bridgehead atoms. The maximum Gasteiger partial charge on any atom is 0.126 e. The van der Waals surface area contributed by atoms with Crippen LogP contribution in [0.15, 0.2) is 36.4 Å². The van der Waals surface area contributed by atoms with Gasteiger partial charge >= 0.3 is 0 Å². The van der Waals surface area contributed by atoms with Crippen LogP contribution in [0.1, 0.15) is 30.9 Å². The molecule has 0 spiro atoms. The van der Waals surface area contributed by atoms with Gasteiger partial charge in [-0.2, -0.15) is 0 Å². The molecular weight excluding hydrogens is 252 g/mol. The molecule has 0 amide bonds. The third-order valence-electron chi connectivity index (χ3n) is 4.01. The van der Waals surface area contributed by atoms with Gasteiger partial charge in [-0.1, -0.05) is 30.3 Å². The van der Waals surface area contributed by atoms with Crippen LogP contribution >= 0.6 is 0 Å². The van der Waals surface area contributed by atoms with E-state index in [4.69, 9.17) is 9.47 Å². The van der Waals surface area contributed by atoms with Crippen LogP contribution in [0.3, 0.4) is 0 Å². The van der Waals surface area contributed by atoms with Gasteiger partial charge in [0.2, 0.25) is 0 Å². The monoisotopic (exact) mass is 272 g/mol. The molecule has 2 aromatic rings. The van der Waals surface area contributed by atoms with Crippen molar-refractivity contribution in [3.8, 4) is 5.75 Å². The summed E-state index contributed by atoms with van der Waals surface area (Å²) >= 11 is 0. The number of ether oxygens (including phenoxy) is 2. The lowest BCUT2D eigenvalue weighted by atomic mass is 9.96. The molecule has 2 unspecified atom stereocenters. The number of hydrogen-bond acceptors (Lipinski definition) is 3. The molecule has 20 heavy (non-hydrogen) atoms. The number of aliphatic hydroxyl groups excluding tert-OH is 1. The van der Waals surface area contributed by atoms with Crippen LogP contribution in [0.2, 0.25) is 0 Å². The van der Waals surface area contributed by atoms with Crippen LogP contribution in [0.4, 0.5) is 0 Å². The first kappa shape index (κ1) is 13.4. The standard InChI is InChI=1S/C17H20O3/c1-19-17-9-8-14(13-6-2-3-7-15(13)17)16(18)11-12-5-4-10-20-12/h2-3,6-9,12,16,18H,4-5,10-11H2,1H3. The molecule has 1 aliphatic heterocycles. The molecule has 3 rings (SSSR count). The zero-order valence-corrected chi connectivity index (χ0v) is 11.7. The molecule has 1 aliphatic rings. The summed E-state index contributed by atoms with van der Waals surface area (Å²) in [6.45, 7) is 0.820. The van der Waals surface area contributed by atoms with Crippen LogP contribution in [-0.2, 0) is 4.74 Å². The average molecular weight is 272 g/mol. The smallest absolute Gasteiger partial charge is 0.126 e. The van der Waals surface area contributed by atoms with E-state index in [9.17, 15) is 5.11 Å². The average Bonchev–Trinajstić information content (AvgIpc) is 2.99. The van der Waals surface area contributed by atoms with E-state index >= 15 is 0 Å². The van der Waals surface area contributed by atoms with Crippen molar-refractivity contribution in [2.24, 2.45) is 0 Å².